The number of rotatable bonds is 38. The lowest BCUT2D eigenvalue weighted by Crippen LogP contribution is -2.30. The molecule has 0 saturated heterocycles. The first-order valence-corrected chi connectivity index (χ1v) is 21.9. The normalized spacial score (nSPS) is 12.3. The molecule has 0 heterocycles. The molecular formula is C46H86N2O2. The molecule has 0 aliphatic heterocycles. The van der Waals surface area contributed by atoms with Crippen LogP contribution in [0.1, 0.15) is 207 Å². The summed E-state index contributed by atoms with van der Waals surface area (Å²) in [6.45, 7) is 13.0. The first-order chi connectivity index (χ1) is 24.7. The fourth-order valence-electron chi connectivity index (χ4n) is 6.37. The molecule has 0 atom stereocenters. The predicted octanol–water partition coefficient (Wildman–Crippen LogP) is 14.6. The zero-order valence-electron chi connectivity index (χ0n) is 34.1. The van der Waals surface area contributed by atoms with E-state index >= 15 is 0 Å². The summed E-state index contributed by atoms with van der Waals surface area (Å²) in [6.07, 6.45) is 52.9. The summed E-state index contributed by atoms with van der Waals surface area (Å²) in [5, 5.41) is 3.04. The molecule has 0 aromatic carbocycles. The average Bonchev–Trinajstić information content (AvgIpc) is 3.12. The molecule has 4 nitrogen and oxygen atoms in total. The zero-order chi connectivity index (χ0) is 36.4. The van der Waals surface area contributed by atoms with Gasteiger partial charge < -0.3 is 15.0 Å². The first-order valence-electron chi connectivity index (χ1n) is 21.9. The predicted molar refractivity (Wildman–Crippen MR) is 223 cm³/mol. The van der Waals surface area contributed by atoms with Gasteiger partial charge in [-0.15, -0.1) is 0 Å². The smallest absolute Gasteiger partial charge is 0.407 e. The number of carbonyl (C=O) groups excluding carboxylic acids is 1. The van der Waals surface area contributed by atoms with Gasteiger partial charge in [0.1, 0.15) is 6.10 Å². The van der Waals surface area contributed by atoms with Gasteiger partial charge in [-0.05, 0) is 122 Å². The number of hydrogen-bond donors (Lipinski definition) is 1. The van der Waals surface area contributed by atoms with Crippen molar-refractivity contribution in [1.82, 2.24) is 10.2 Å². The van der Waals surface area contributed by atoms with Crippen LogP contribution in [0.3, 0.4) is 0 Å². The highest BCUT2D eigenvalue weighted by atomic mass is 16.6. The van der Waals surface area contributed by atoms with E-state index in [0.717, 1.165) is 71.0 Å². The lowest BCUT2D eigenvalue weighted by atomic mass is 10.0. The summed E-state index contributed by atoms with van der Waals surface area (Å²) in [4.78, 5) is 15.1. The first kappa shape index (κ1) is 48.2. The Balaban J connectivity index is 4.19. The zero-order valence-corrected chi connectivity index (χ0v) is 34.1. The minimum absolute atomic E-state index is 0.0577. The van der Waals surface area contributed by atoms with Crippen LogP contribution in [-0.2, 0) is 4.74 Å². The molecule has 0 aromatic rings. The van der Waals surface area contributed by atoms with E-state index in [2.05, 4.69) is 86.5 Å². The molecule has 50 heavy (non-hydrogen) atoms. The molecule has 0 spiro atoms. The highest BCUT2D eigenvalue weighted by Crippen LogP contribution is 2.18. The van der Waals surface area contributed by atoms with E-state index < -0.39 is 0 Å². The van der Waals surface area contributed by atoms with Gasteiger partial charge in [-0.25, -0.2) is 4.79 Å². The van der Waals surface area contributed by atoms with E-state index in [9.17, 15) is 4.79 Å². The van der Waals surface area contributed by atoms with Gasteiger partial charge in [0.15, 0.2) is 0 Å². The molecule has 0 fully saturated rings. The monoisotopic (exact) mass is 699 g/mol. The van der Waals surface area contributed by atoms with Gasteiger partial charge in [0.2, 0.25) is 0 Å². The summed E-state index contributed by atoms with van der Waals surface area (Å²) in [5.41, 5.74) is 0. The number of unbranched alkanes of at least 4 members (excludes halogenated alkanes) is 19. The van der Waals surface area contributed by atoms with Gasteiger partial charge in [0, 0.05) is 6.54 Å². The number of alkyl carbamates (subject to hydrolysis) is 1. The van der Waals surface area contributed by atoms with Crippen LogP contribution in [0.4, 0.5) is 4.79 Å². The third-order valence-electron chi connectivity index (χ3n) is 9.79. The quantitative estimate of drug-likeness (QED) is 0.0515. The van der Waals surface area contributed by atoms with Crippen LogP contribution in [0, 0.1) is 0 Å². The van der Waals surface area contributed by atoms with Crippen molar-refractivity contribution < 1.29 is 9.53 Å². The number of nitrogens with one attached hydrogen (secondary N) is 1. The van der Waals surface area contributed by atoms with Gasteiger partial charge >= 0.3 is 6.09 Å². The molecule has 0 saturated carbocycles. The number of carbonyl (C=O) groups is 1. The highest BCUT2D eigenvalue weighted by Gasteiger charge is 2.14. The van der Waals surface area contributed by atoms with Crippen molar-refractivity contribution in [3.8, 4) is 0 Å². The number of nitrogens with zero attached hydrogens (tertiary/aromatic N) is 1. The fourth-order valence-corrected chi connectivity index (χ4v) is 6.37. The summed E-state index contributed by atoms with van der Waals surface area (Å²) >= 11 is 0. The van der Waals surface area contributed by atoms with Crippen molar-refractivity contribution in [2.45, 2.75) is 214 Å². The van der Waals surface area contributed by atoms with Gasteiger partial charge in [0.25, 0.3) is 0 Å². The van der Waals surface area contributed by atoms with Gasteiger partial charge in [-0.1, -0.05) is 153 Å². The Morgan fingerprint density at radius 2 is 0.900 bits per heavy atom. The molecule has 1 N–H and O–H groups in total. The summed E-state index contributed by atoms with van der Waals surface area (Å²) in [7, 11) is 0. The number of amides is 1. The Morgan fingerprint density at radius 3 is 1.32 bits per heavy atom. The van der Waals surface area contributed by atoms with Crippen LogP contribution in [0.15, 0.2) is 48.6 Å². The lowest BCUT2D eigenvalue weighted by Gasteiger charge is -2.19. The van der Waals surface area contributed by atoms with Gasteiger partial charge in [-0.3, -0.25) is 0 Å². The van der Waals surface area contributed by atoms with Crippen LogP contribution in [-0.4, -0.2) is 43.3 Å². The molecule has 0 rings (SSSR count). The third kappa shape index (κ3) is 37.4. The third-order valence-corrected chi connectivity index (χ3v) is 9.79. The van der Waals surface area contributed by atoms with Crippen molar-refractivity contribution in [2.75, 3.05) is 26.2 Å². The summed E-state index contributed by atoms with van der Waals surface area (Å²) in [6, 6.07) is 0. The minimum atomic E-state index is -0.210. The molecule has 0 aliphatic carbocycles. The van der Waals surface area contributed by atoms with Crippen LogP contribution < -0.4 is 5.32 Å². The van der Waals surface area contributed by atoms with Crippen LogP contribution >= 0.6 is 0 Å². The molecule has 4 heteroatoms. The highest BCUT2D eigenvalue weighted by molar-refractivity contribution is 5.67. The van der Waals surface area contributed by atoms with Crippen LogP contribution in [0.5, 0.6) is 0 Å². The molecule has 0 unspecified atom stereocenters. The van der Waals surface area contributed by atoms with Crippen molar-refractivity contribution >= 4 is 6.09 Å². The molecular weight excluding hydrogens is 613 g/mol. The minimum Gasteiger partial charge on any atom is -0.446 e. The summed E-state index contributed by atoms with van der Waals surface area (Å²) < 4.78 is 5.98. The van der Waals surface area contributed by atoms with Crippen LogP contribution in [0.2, 0.25) is 0 Å². The molecule has 0 aromatic heterocycles. The molecule has 292 valence electrons. The van der Waals surface area contributed by atoms with E-state index in [1.165, 1.54) is 128 Å². The Bertz CT molecular complexity index is 750. The maximum Gasteiger partial charge on any atom is 0.407 e. The second-order valence-corrected chi connectivity index (χ2v) is 14.4. The van der Waals surface area contributed by atoms with Crippen molar-refractivity contribution in [3.05, 3.63) is 48.6 Å². The fraction of sp³-hybridized carbons (Fsp3) is 0.804. The van der Waals surface area contributed by atoms with E-state index in [-0.39, 0.29) is 12.2 Å². The Hall–Kier alpha value is -1.81. The molecule has 0 aliphatic rings. The van der Waals surface area contributed by atoms with Gasteiger partial charge in [-0.2, -0.15) is 0 Å². The molecule has 0 radical (unpaired) electrons. The summed E-state index contributed by atoms with van der Waals surface area (Å²) in [5.74, 6) is 0. The SMILES string of the molecule is CCCCC/C=C\C/C=C\CCCCCCCCC(CCCCCCCC/C=C\C/C=C\CCCCC)OC(=O)NCCCCN(CC)CC. The lowest BCUT2D eigenvalue weighted by molar-refractivity contribution is 0.0840. The standard InChI is InChI=1S/C46H86N2O2/c1-5-9-11-13-15-17-19-21-23-25-27-29-31-33-35-37-41-45(50-46(49)47-43-39-40-44-48(7-3)8-4)42-38-36-34-32-30-28-26-24-22-20-18-16-14-12-10-6-2/h15-18,21-24,45H,5-14,19-20,25-44H2,1-4H3,(H,47,49)/b17-15-,18-16-,23-21-,24-22-. The van der Waals surface area contributed by atoms with Crippen molar-refractivity contribution in [3.63, 3.8) is 0 Å². The van der Waals surface area contributed by atoms with E-state index in [1.54, 1.807) is 0 Å². The van der Waals surface area contributed by atoms with E-state index in [4.69, 9.17) is 4.74 Å². The van der Waals surface area contributed by atoms with Crippen molar-refractivity contribution in [2.24, 2.45) is 0 Å². The van der Waals surface area contributed by atoms with Gasteiger partial charge in [0.05, 0.1) is 0 Å². The molecule has 1 amide bonds. The maximum absolute atomic E-state index is 12.6. The second-order valence-electron chi connectivity index (χ2n) is 14.4. The molecule has 0 bridgehead atoms. The number of allylic oxidation sites excluding steroid dienone is 8. The Kier molecular flexibility index (Phi) is 40.1. The Morgan fingerprint density at radius 1 is 0.500 bits per heavy atom. The largest absolute Gasteiger partial charge is 0.446 e. The average molecular weight is 699 g/mol. The Labute approximate surface area is 313 Å². The second kappa shape index (κ2) is 41.6. The number of hydrogen-bond acceptors (Lipinski definition) is 3. The number of ether oxygens (including phenoxy) is 1. The van der Waals surface area contributed by atoms with E-state index in [0.29, 0.717) is 6.54 Å². The van der Waals surface area contributed by atoms with E-state index in [1.807, 2.05) is 0 Å². The van der Waals surface area contributed by atoms with Crippen LogP contribution in [0.25, 0.3) is 0 Å². The van der Waals surface area contributed by atoms with Crippen molar-refractivity contribution in [1.29, 1.82) is 0 Å². The maximum atomic E-state index is 12.6. The topological polar surface area (TPSA) is 41.6 Å².